The zero-order valence-electron chi connectivity index (χ0n) is 13.0. The monoisotopic (exact) mass is 268 g/mol. The fourth-order valence-electron chi connectivity index (χ4n) is 3.82. The summed E-state index contributed by atoms with van der Waals surface area (Å²) < 4.78 is 5.68. The van der Waals surface area contributed by atoms with E-state index in [1.807, 2.05) is 0 Å². The zero-order valence-corrected chi connectivity index (χ0v) is 13.0. The third-order valence-corrected chi connectivity index (χ3v) is 5.07. The molecule has 1 heterocycles. The second-order valence-electron chi connectivity index (χ2n) is 6.45. The van der Waals surface area contributed by atoms with E-state index in [-0.39, 0.29) is 0 Å². The highest BCUT2D eigenvalue weighted by Crippen LogP contribution is 2.29. The van der Waals surface area contributed by atoms with E-state index in [1.165, 1.54) is 51.6 Å². The van der Waals surface area contributed by atoms with Crippen molar-refractivity contribution in [2.45, 2.75) is 70.6 Å². The van der Waals surface area contributed by atoms with Crippen molar-refractivity contribution in [1.29, 1.82) is 0 Å². The SMILES string of the molecule is CCCNC1CCCC1CCN(C)C1CCOC1C. The van der Waals surface area contributed by atoms with E-state index < -0.39 is 0 Å². The maximum atomic E-state index is 5.68. The van der Waals surface area contributed by atoms with Crippen LogP contribution in [0.25, 0.3) is 0 Å². The minimum Gasteiger partial charge on any atom is -0.377 e. The van der Waals surface area contributed by atoms with Crippen molar-refractivity contribution in [3.8, 4) is 0 Å². The second-order valence-corrected chi connectivity index (χ2v) is 6.45. The maximum absolute atomic E-state index is 5.68. The first-order valence-electron chi connectivity index (χ1n) is 8.27. The molecule has 1 aliphatic carbocycles. The summed E-state index contributed by atoms with van der Waals surface area (Å²) in [7, 11) is 2.28. The standard InChI is InChI=1S/C16H32N2O/c1-4-10-17-15-7-5-6-14(15)8-11-18(3)16-9-12-19-13(16)2/h13-17H,4-12H2,1-3H3. The molecule has 0 aromatic rings. The summed E-state index contributed by atoms with van der Waals surface area (Å²) in [6, 6.07) is 1.43. The molecule has 0 radical (unpaired) electrons. The summed E-state index contributed by atoms with van der Waals surface area (Å²) in [5, 5.41) is 3.74. The van der Waals surface area contributed by atoms with E-state index in [0.29, 0.717) is 12.1 Å². The average molecular weight is 268 g/mol. The van der Waals surface area contributed by atoms with Crippen LogP contribution >= 0.6 is 0 Å². The number of hydrogen-bond donors (Lipinski definition) is 1. The molecule has 4 unspecified atom stereocenters. The quantitative estimate of drug-likeness (QED) is 0.768. The Morgan fingerprint density at radius 1 is 1.26 bits per heavy atom. The van der Waals surface area contributed by atoms with Crippen LogP contribution in [0.2, 0.25) is 0 Å². The molecule has 112 valence electrons. The lowest BCUT2D eigenvalue weighted by Gasteiger charge is -2.29. The van der Waals surface area contributed by atoms with Gasteiger partial charge in [0.1, 0.15) is 0 Å². The molecular weight excluding hydrogens is 236 g/mol. The van der Waals surface area contributed by atoms with Crippen molar-refractivity contribution < 1.29 is 4.74 Å². The molecule has 0 aromatic carbocycles. The Kier molecular flexibility index (Phi) is 6.11. The zero-order chi connectivity index (χ0) is 13.7. The van der Waals surface area contributed by atoms with Crippen molar-refractivity contribution in [3.63, 3.8) is 0 Å². The van der Waals surface area contributed by atoms with Crippen LogP contribution in [0.5, 0.6) is 0 Å². The van der Waals surface area contributed by atoms with Crippen molar-refractivity contribution >= 4 is 0 Å². The van der Waals surface area contributed by atoms with Crippen LogP contribution in [0.4, 0.5) is 0 Å². The molecule has 1 saturated carbocycles. The van der Waals surface area contributed by atoms with Crippen LogP contribution < -0.4 is 5.32 Å². The summed E-state index contributed by atoms with van der Waals surface area (Å²) in [4.78, 5) is 2.53. The topological polar surface area (TPSA) is 24.5 Å². The van der Waals surface area contributed by atoms with Crippen molar-refractivity contribution in [3.05, 3.63) is 0 Å². The number of nitrogens with zero attached hydrogens (tertiary/aromatic N) is 1. The molecule has 3 nitrogen and oxygen atoms in total. The van der Waals surface area contributed by atoms with Crippen LogP contribution in [0.15, 0.2) is 0 Å². The largest absolute Gasteiger partial charge is 0.377 e. The molecule has 3 heteroatoms. The van der Waals surface area contributed by atoms with Crippen LogP contribution in [0.3, 0.4) is 0 Å². The van der Waals surface area contributed by atoms with E-state index in [0.717, 1.165) is 18.6 Å². The summed E-state index contributed by atoms with van der Waals surface area (Å²) in [6.07, 6.45) is 8.45. The Morgan fingerprint density at radius 3 is 2.79 bits per heavy atom. The van der Waals surface area contributed by atoms with Crippen molar-refractivity contribution in [2.75, 3.05) is 26.7 Å². The van der Waals surface area contributed by atoms with E-state index in [4.69, 9.17) is 4.74 Å². The van der Waals surface area contributed by atoms with E-state index in [2.05, 4.69) is 31.1 Å². The van der Waals surface area contributed by atoms with Gasteiger partial charge in [0.05, 0.1) is 6.10 Å². The number of rotatable bonds is 7. The average Bonchev–Trinajstić information content (AvgIpc) is 3.02. The van der Waals surface area contributed by atoms with Gasteiger partial charge in [-0.25, -0.2) is 0 Å². The molecule has 0 bridgehead atoms. The molecule has 1 N–H and O–H groups in total. The second kappa shape index (κ2) is 7.61. The van der Waals surface area contributed by atoms with Gasteiger partial charge in [0.15, 0.2) is 0 Å². The Morgan fingerprint density at radius 2 is 2.11 bits per heavy atom. The van der Waals surface area contributed by atoms with Gasteiger partial charge in [-0.3, -0.25) is 0 Å². The van der Waals surface area contributed by atoms with Crippen molar-refractivity contribution in [2.24, 2.45) is 5.92 Å². The van der Waals surface area contributed by atoms with Gasteiger partial charge in [-0.2, -0.15) is 0 Å². The predicted octanol–water partition coefficient (Wildman–Crippen LogP) is 2.65. The van der Waals surface area contributed by atoms with E-state index >= 15 is 0 Å². The highest BCUT2D eigenvalue weighted by atomic mass is 16.5. The molecule has 19 heavy (non-hydrogen) atoms. The number of nitrogens with one attached hydrogen (secondary N) is 1. The van der Waals surface area contributed by atoms with Crippen molar-refractivity contribution in [1.82, 2.24) is 10.2 Å². The van der Waals surface area contributed by atoms with Crippen LogP contribution in [-0.4, -0.2) is 49.8 Å². The Hall–Kier alpha value is -0.120. The third-order valence-electron chi connectivity index (χ3n) is 5.07. The first-order chi connectivity index (χ1) is 9.22. The summed E-state index contributed by atoms with van der Waals surface area (Å²) in [6.45, 7) is 7.83. The molecule has 1 saturated heterocycles. The van der Waals surface area contributed by atoms with Gasteiger partial charge in [0, 0.05) is 18.7 Å². The van der Waals surface area contributed by atoms with Gasteiger partial charge >= 0.3 is 0 Å². The first-order valence-corrected chi connectivity index (χ1v) is 8.27. The lowest BCUT2D eigenvalue weighted by molar-refractivity contribution is 0.0813. The molecule has 4 atom stereocenters. The normalized spacial score (nSPS) is 35.4. The van der Waals surface area contributed by atoms with Gasteiger partial charge in [0.25, 0.3) is 0 Å². The summed E-state index contributed by atoms with van der Waals surface area (Å²) in [5.74, 6) is 0.895. The van der Waals surface area contributed by atoms with Crippen LogP contribution in [-0.2, 0) is 4.74 Å². The summed E-state index contributed by atoms with van der Waals surface area (Å²) >= 11 is 0. The Bertz CT molecular complexity index is 259. The molecule has 2 fully saturated rings. The van der Waals surface area contributed by atoms with E-state index in [9.17, 15) is 0 Å². The van der Waals surface area contributed by atoms with E-state index in [1.54, 1.807) is 0 Å². The molecule has 2 aliphatic rings. The third kappa shape index (κ3) is 4.17. The Labute approximate surface area is 119 Å². The van der Waals surface area contributed by atoms with Gasteiger partial charge < -0.3 is 15.0 Å². The maximum Gasteiger partial charge on any atom is 0.0702 e. The highest BCUT2D eigenvalue weighted by Gasteiger charge is 2.30. The molecule has 0 aromatic heterocycles. The molecular formula is C16H32N2O. The van der Waals surface area contributed by atoms with Gasteiger partial charge in [0.2, 0.25) is 0 Å². The van der Waals surface area contributed by atoms with Gasteiger partial charge in [-0.05, 0) is 65.1 Å². The minimum absolute atomic E-state index is 0.419. The Balaban J connectivity index is 1.71. The minimum atomic E-state index is 0.419. The predicted molar refractivity (Wildman–Crippen MR) is 80.5 cm³/mol. The number of ether oxygens (including phenoxy) is 1. The number of hydrogen-bond acceptors (Lipinski definition) is 3. The summed E-state index contributed by atoms with van der Waals surface area (Å²) in [5.41, 5.74) is 0. The highest BCUT2D eigenvalue weighted by molar-refractivity contribution is 4.85. The molecule has 0 amide bonds. The molecule has 2 rings (SSSR count). The number of likely N-dealkylation sites (N-methyl/N-ethyl adjacent to an activating group) is 1. The fraction of sp³-hybridized carbons (Fsp3) is 1.00. The fourth-order valence-corrected chi connectivity index (χ4v) is 3.82. The van der Waals surface area contributed by atoms with Gasteiger partial charge in [-0.1, -0.05) is 13.3 Å². The first kappa shape index (κ1) is 15.3. The van der Waals surface area contributed by atoms with Crippen LogP contribution in [0, 0.1) is 5.92 Å². The van der Waals surface area contributed by atoms with Gasteiger partial charge in [-0.15, -0.1) is 0 Å². The van der Waals surface area contributed by atoms with Crippen LogP contribution in [0.1, 0.15) is 52.4 Å². The lowest BCUT2D eigenvalue weighted by Crippen LogP contribution is -2.39. The molecule has 1 aliphatic heterocycles. The molecule has 0 spiro atoms. The lowest BCUT2D eigenvalue weighted by atomic mass is 9.98. The smallest absolute Gasteiger partial charge is 0.0702 e.